The molecule has 0 spiro atoms. The first-order chi connectivity index (χ1) is 8.25. The number of rotatable bonds is 5. The van der Waals surface area contributed by atoms with Crippen LogP contribution in [0.3, 0.4) is 0 Å². The smallest absolute Gasteiger partial charge is 0.423 e. The van der Waals surface area contributed by atoms with Crippen molar-refractivity contribution in [2.45, 2.75) is 24.7 Å². The summed E-state index contributed by atoms with van der Waals surface area (Å²) in [5.41, 5.74) is 1.75. The lowest BCUT2D eigenvalue weighted by Gasteiger charge is -2.08. The number of thioether (sulfide) groups is 1. The van der Waals surface area contributed by atoms with Crippen LogP contribution in [-0.4, -0.2) is 35.6 Å². The first-order valence-electron chi connectivity index (χ1n) is 5.90. The molecule has 1 fully saturated rings. The molecule has 0 aliphatic carbocycles. The molecule has 0 saturated carbocycles. The first kappa shape index (κ1) is 13.0. The van der Waals surface area contributed by atoms with E-state index in [1.807, 2.05) is 23.9 Å². The van der Waals surface area contributed by atoms with Gasteiger partial charge in [-0.15, -0.1) is 0 Å². The first-order valence-corrected chi connectivity index (χ1v) is 7.05. The molecule has 1 aromatic carbocycles. The Balaban J connectivity index is 1.74. The third kappa shape index (κ3) is 4.03. The number of benzene rings is 1. The van der Waals surface area contributed by atoms with Gasteiger partial charge in [0.15, 0.2) is 0 Å². The molecule has 3 nitrogen and oxygen atoms in total. The van der Waals surface area contributed by atoms with Crippen molar-refractivity contribution in [1.29, 1.82) is 0 Å². The quantitative estimate of drug-likeness (QED) is 0.760. The molecule has 0 bridgehead atoms. The Morgan fingerprint density at radius 1 is 1.29 bits per heavy atom. The summed E-state index contributed by atoms with van der Waals surface area (Å²) in [4.78, 5) is 0. The highest BCUT2D eigenvalue weighted by atomic mass is 32.2. The lowest BCUT2D eigenvalue weighted by Crippen LogP contribution is -2.29. The Labute approximate surface area is 106 Å². The van der Waals surface area contributed by atoms with E-state index in [4.69, 9.17) is 14.8 Å². The average Bonchev–Trinajstić information content (AvgIpc) is 2.83. The predicted molar refractivity (Wildman–Crippen MR) is 71.4 cm³/mol. The van der Waals surface area contributed by atoms with Gasteiger partial charge in [-0.2, -0.15) is 11.8 Å². The van der Waals surface area contributed by atoms with Crippen molar-refractivity contribution >= 4 is 24.3 Å². The van der Waals surface area contributed by atoms with Crippen LogP contribution in [0, 0.1) is 0 Å². The maximum absolute atomic E-state index is 8.97. The largest absolute Gasteiger partial charge is 0.488 e. The minimum Gasteiger partial charge on any atom is -0.423 e. The fraction of sp³-hybridized carbons (Fsp3) is 0.500. The molecule has 92 valence electrons. The molecule has 1 atom stereocenters. The maximum Gasteiger partial charge on any atom is 0.488 e. The van der Waals surface area contributed by atoms with Crippen molar-refractivity contribution < 1.29 is 14.8 Å². The van der Waals surface area contributed by atoms with Crippen LogP contribution in [0.4, 0.5) is 0 Å². The van der Waals surface area contributed by atoms with E-state index in [-0.39, 0.29) is 0 Å². The maximum atomic E-state index is 8.97. The van der Waals surface area contributed by atoms with Gasteiger partial charge < -0.3 is 14.8 Å². The zero-order valence-electron chi connectivity index (χ0n) is 9.71. The van der Waals surface area contributed by atoms with Crippen LogP contribution in [0.25, 0.3) is 0 Å². The standard InChI is InChI=1S/C12H17BO3S/c14-13(15)11-5-3-10(4-6-11)8-17-9-12-2-1-7-16-12/h3-6,12,14-15H,1-2,7-9H2. The summed E-state index contributed by atoms with van der Waals surface area (Å²) in [7, 11) is -1.37. The molecule has 1 aromatic rings. The van der Waals surface area contributed by atoms with E-state index in [0.717, 1.165) is 18.1 Å². The number of hydrogen-bond donors (Lipinski definition) is 2. The fourth-order valence-corrected chi connectivity index (χ4v) is 2.94. The van der Waals surface area contributed by atoms with Gasteiger partial charge in [-0.3, -0.25) is 0 Å². The lowest BCUT2D eigenvalue weighted by atomic mass is 9.80. The predicted octanol–water partition coefficient (Wildman–Crippen LogP) is 0.779. The van der Waals surface area contributed by atoms with E-state index >= 15 is 0 Å². The number of hydrogen-bond acceptors (Lipinski definition) is 4. The average molecular weight is 252 g/mol. The molecule has 1 unspecified atom stereocenters. The minimum atomic E-state index is -1.37. The van der Waals surface area contributed by atoms with Gasteiger partial charge >= 0.3 is 7.12 Å². The summed E-state index contributed by atoms with van der Waals surface area (Å²) in [5, 5.41) is 17.9. The van der Waals surface area contributed by atoms with Gasteiger partial charge in [0.05, 0.1) is 6.10 Å². The van der Waals surface area contributed by atoms with Gasteiger partial charge in [-0.25, -0.2) is 0 Å². The second kappa shape index (κ2) is 6.45. The van der Waals surface area contributed by atoms with Crippen molar-refractivity contribution in [3.05, 3.63) is 29.8 Å². The van der Waals surface area contributed by atoms with Gasteiger partial charge in [-0.05, 0) is 23.9 Å². The molecule has 1 saturated heterocycles. The van der Waals surface area contributed by atoms with E-state index < -0.39 is 7.12 Å². The molecule has 1 heterocycles. The van der Waals surface area contributed by atoms with Crippen molar-refractivity contribution in [1.82, 2.24) is 0 Å². The van der Waals surface area contributed by atoms with Crippen LogP contribution in [-0.2, 0) is 10.5 Å². The molecule has 2 rings (SSSR count). The van der Waals surface area contributed by atoms with Crippen LogP contribution in [0.15, 0.2) is 24.3 Å². The Kier molecular flexibility index (Phi) is 4.92. The molecule has 17 heavy (non-hydrogen) atoms. The van der Waals surface area contributed by atoms with Crippen molar-refractivity contribution in [2.75, 3.05) is 12.4 Å². The van der Waals surface area contributed by atoms with Crippen LogP contribution in [0.1, 0.15) is 18.4 Å². The van der Waals surface area contributed by atoms with Crippen molar-refractivity contribution in [3.8, 4) is 0 Å². The van der Waals surface area contributed by atoms with Gasteiger partial charge in [-0.1, -0.05) is 24.3 Å². The molecule has 1 aliphatic rings. The Morgan fingerprint density at radius 3 is 2.65 bits per heavy atom. The van der Waals surface area contributed by atoms with Gasteiger partial charge in [0.25, 0.3) is 0 Å². The minimum absolute atomic E-state index is 0.429. The second-order valence-corrected chi connectivity index (χ2v) is 5.30. The summed E-state index contributed by atoms with van der Waals surface area (Å²) in [6, 6.07) is 7.40. The lowest BCUT2D eigenvalue weighted by molar-refractivity contribution is 0.129. The Morgan fingerprint density at radius 2 is 2.06 bits per heavy atom. The topological polar surface area (TPSA) is 49.7 Å². The summed E-state index contributed by atoms with van der Waals surface area (Å²) in [6.45, 7) is 0.911. The highest BCUT2D eigenvalue weighted by Gasteiger charge is 2.15. The third-order valence-corrected chi connectivity index (χ3v) is 4.02. The highest BCUT2D eigenvalue weighted by Crippen LogP contribution is 2.19. The monoisotopic (exact) mass is 252 g/mol. The normalized spacial score (nSPS) is 19.5. The Bertz CT molecular complexity index is 336. The number of ether oxygens (including phenoxy) is 1. The van der Waals surface area contributed by atoms with Gasteiger partial charge in [0, 0.05) is 18.1 Å². The van der Waals surface area contributed by atoms with Gasteiger partial charge in [0.2, 0.25) is 0 Å². The van der Waals surface area contributed by atoms with E-state index in [0.29, 0.717) is 11.6 Å². The molecule has 0 amide bonds. The van der Waals surface area contributed by atoms with E-state index in [9.17, 15) is 0 Å². The molecular formula is C12H17BO3S. The molecule has 0 aromatic heterocycles. The van der Waals surface area contributed by atoms with Gasteiger partial charge in [0.1, 0.15) is 0 Å². The van der Waals surface area contributed by atoms with Crippen LogP contribution < -0.4 is 5.46 Å². The third-order valence-electron chi connectivity index (χ3n) is 2.87. The Hall–Kier alpha value is -0.485. The van der Waals surface area contributed by atoms with Crippen molar-refractivity contribution in [2.24, 2.45) is 0 Å². The summed E-state index contributed by atoms with van der Waals surface area (Å²) >= 11 is 1.87. The molecule has 0 radical (unpaired) electrons. The zero-order valence-corrected chi connectivity index (χ0v) is 10.5. The summed E-state index contributed by atoms with van der Waals surface area (Å²) in [6.07, 6.45) is 2.80. The highest BCUT2D eigenvalue weighted by molar-refractivity contribution is 7.98. The molecule has 2 N–H and O–H groups in total. The second-order valence-electron chi connectivity index (χ2n) is 4.27. The zero-order chi connectivity index (χ0) is 12.1. The fourth-order valence-electron chi connectivity index (χ4n) is 1.87. The summed E-state index contributed by atoms with van der Waals surface area (Å²) in [5.74, 6) is 1.99. The van der Waals surface area contributed by atoms with E-state index in [1.54, 1.807) is 12.1 Å². The molecule has 1 aliphatic heterocycles. The molecule has 5 heteroatoms. The van der Waals surface area contributed by atoms with Crippen LogP contribution in [0.2, 0.25) is 0 Å². The van der Waals surface area contributed by atoms with Crippen molar-refractivity contribution in [3.63, 3.8) is 0 Å². The van der Waals surface area contributed by atoms with Crippen LogP contribution >= 0.6 is 11.8 Å². The van der Waals surface area contributed by atoms with E-state index in [2.05, 4.69) is 0 Å². The summed E-state index contributed by atoms with van der Waals surface area (Å²) < 4.78 is 5.55. The SMILES string of the molecule is OB(O)c1ccc(CSCC2CCCO2)cc1. The van der Waals surface area contributed by atoms with E-state index in [1.165, 1.54) is 18.4 Å². The molecular weight excluding hydrogens is 235 g/mol. The van der Waals surface area contributed by atoms with Crippen LogP contribution in [0.5, 0.6) is 0 Å².